The van der Waals surface area contributed by atoms with Gasteiger partial charge in [0.15, 0.2) is 0 Å². The zero-order chi connectivity index (χ0) is 10.4. The van der Waals surface area contributed by atoms with Crippen molar-refractivity contribution >= 4 is 5.71 Å². The number of halogens is 1. The number of nitrogens with zero attached hydrogens (tertiary/aromatic N) is 1. The van der Waals surface area contributed by atoms with Gasteiger partial charge in [-0.05, 0) is 25.1 Å². The third-order valence-corrected chi connectivity index (χ3v) is 1.77. The van der Waals surface area contributed by atoms with Gasteiger partial charge < -0.3 is 10.7 Å². The predicted molar refractivity (Wildman–Crippen MR) is 54.2 cm³/mol. The first-order valence-corrected chi connectivity index (χ1v) is 4.64. The van der Waals surface area contributed by atoms with Crippen LogP contribution in [0.3, 0.4) is 0 Å². The van der Waals surface area contributed by atoms with Crippen molar-refractivity contribution in [2.75, 3.05) is 13.1 Å². The summed E-state index contributed by atoms with van der Waals surface area (Å²) in [6, 6.07) is 2.84. The fourth-order valence-electron chi connectivity index (χ4n) is 1.04. The molecular formula is C10H14FN3. The van der Waals surface area contributed by atoms with Crippen LogP contribution >= 0.6 is 0 Å². The molecule has 0 radical (unpaired) electrons. The Morgan fingerprint density at radius 3 is 2.93 bits per heavy atom. The summed E-state index contributed by atoms with van der Waals surface area (Å²) in [6.45, 7) is 3.42. The number of aromatic nitrogens is 1. The smallest absolute Gasteiger partial charge is 0.141 e. The second kappa shape index (κ2) is 5.44. The van der Waals surface area contributed by atoms with E-state index in [1.54, 1.807) is 0 Å². The van der Waals surface area contributed by atoms with Crippen LogP contribution in [-0.4, -0.2) is 23.8 Å². The van der Waals surface area contributed by atoms with Crippen LogP contribution in [0.15, 0.2) is 18.3 Å². The molecule has 0 saturated carbocycles. The Kier molecular flexibility index (Phi) is 4.19. The minimum Gasteiger partial charge on any atom is -0.311 e. The number of pyridine rings is 1. The second-order valence-electron chi connectivity index (χ2n) is 3.02. The van der Waals surface area contributed by atoms with Gasteiger partial charge in [-0.25, -0.2) is 4.39 Å². The minimum absolute atomic E-state index is 0.372. The predicted octanol–water partition coefficient (Wildman–Crippen LogP) is 1.59. The van der Waals surface area contributed by atoms with Crippen molar-refractivity contribution < 1.29 is 4.39 Å². The molecule has 0 aliphatic rings. The SMILES string of the molecule is CCCNCC(=N)c1ccc(F)cn1. The van der Waals surface area contributed by atoms with Gasteiger partial charge in [0.25, 0.3) is 0 Å². The quantitative estimate of drug-likeness (QED) is 0.553. The fraction of sp³-hybridized carbons (Fsp3) is 0.400. The van der Waals surface area contributed by atoms with Crippen LogP contribution in [0, 0.1) is 11.2 Å². The van der Waals surface area contributed by atoms with Crippen molar-refractivity contribution in [2.45, 2.75) is 13.3 Å². The van der Waals surface area contributed by atoms with Crippen molar-refractivity contribution in [3.8, 4) is 0 Å². The van der Waals surface area contributed by atoms with Crippen molar-refractivity contribution in [3.05, 3.63) is 29.8 Å². The Bertz CT molecular complexity index is 295. The monoisotopic (exact) mass is 195 g/mol. The molecule has 4 heteroatoms. The third-order valence-electron chi connectivity index (χ3n) is 1.77. The zero-order valence-electron chi connectivity index (χ0n) is 8.18. The summed E-state index contributed by atoms with van der Waals surface area (Å²) in [5.41, 5.74) is 0.911. The van der Waals surface area contributed by atoms with Crippen molar-refractivity contribution in [2.24, 2.45) is 0 Å². The first-order chi connectivity index (χ1) is 6.74. The molecule has 14 heavy (non-hydrogen) atoms. The highest BCUT2D eigenvalue weighted by atomic mass is 19.1. The van der Waals surface area contributed by atoms with Gasteiger partial charge in [0.1, 0.15) is 5.82 Å². The molecule has 2 N–H and O–H groups in total. The van der Waals surface area contributed by atoms with Crippen LogP contribution in [0.5, 0.6) is 0 Å². The highest BCUT2D eigenvalue weighted by molar-refractivity contribution is 5.97. The van der Waals surface area contributed by atoms with Gasteiger partial charge in [0.05, 0.1) is 17.6 Å². The first-order valence-electron chi connectivity index (χ1n) is 4.64. The number of nitrogens with one attached hydrogen (secondary N) is 2. The topological polar surface area (TPSA) is 48.8 Å². The summed E-state index contributed by atoms with van der Waals surface area (Å²) < 4.78 is 12.5. The molecule has 0 aliphatic carbocycles. The maximum Gasteiger partial charge on any atom is 0.141 e. The number of hydrogen-bond acceptors (Lipinski definition) is 3. The molecule has 0 saturated heterocycles. The maximum atomic E-state index is 12.5. The lowest BCUT2D eigenvalue weighted by atomic mass is 10.2. The fourth-order valence-corrected chi connectivity index (χ4v) is 1.04. The summed E-state index contributed by atoms with van der Waals surface area (Å²) in [5, 5.41) is 10.7. The largest absolute Gasteiger partial charge is 0.311 e. The van der Waals surface area contributed by atoms with Gasteiger partial charge in [-0.15, -0.1) is 0 Å². The zero-order valence-corrected chi connectivity index (χ0v) is 8.18. The molecule has 0 amide bonds. The van der Waals surface area contributed by atoms with E-state index in [0.717, 1.165) is 19.2 Å². The van der Waals surface area contributed by atoms with E-state index < -0.39 is 0 Å². The molecule has 0 aromatic carbocycles. The molecule has 0 atom stereocenters. The van der Waals surface area contributed by atoms with E-state index in [1.807, 2.05) is 0 Å². The van der Waals surface area contributed by atoms with Crippen LogP contribution in [0.2, 0.25) is 0 Å². The summed E-state index contributed by atoms with van der Waals surface area (Å²) in [6.07, 6.45) is 2.16. The third kappa shape index (κ3) is 3.22. The Morgan fingerprint density at radius 2 is 2.36 bits per heavy atom. The van der Waals surface area contributed by atoms with Crippen molar-refractivity contribution in [3.63, 3.8) is 0 Å². The molecule has 0 bridgehead atoms. The van der Waals surface area contributed by atoms with Crippen LogP contribution in [0.4, 0.5) is 4.39 Å². The van der Waals surface area contributed by atoms with Crippen LogP contribution < -0.4 is 5.32 Å². The van der Waals surface area contributed by atoms with E-state index in [4.69, 9.17) is 5.41 Å². The summed E-state index contributed by atoms with van der Waals surface area (Å²) in [4.78, 5) is 3.82. The minimum atomic E-state index is -0.372. The molecule has 0 spiro atoms. The van der Waals surface area contributed by atoms with E-state index in [2.05, 4.69) is 17.2 Å². The molecule has 1 rings (SSSR count). The molecule has 1 aromatic rings. The van der Waals surface area contributed by atoms with Crippen molar-refractivity contribution in [1.82, 2.24) is 10.3 Å². The van der Waals surface area contributed by atoms with Gasteiger partial charge in [-0.2, -0.15) is 0 Å². The lowest BCUT2D eigenvalue weighted by Gasteiger charge is -2.04. The Balaban J connectivity index is 2.48. The van der Waals surface area contributed by atoms with Gasteiger partial charge >= 0.3 is 0 Å². The normalized spacial score (nSPS) is 10.1. The molecule has 1 heterocycles. The summed E-state index contributed by atoms with van der Waals surface area (Å²) in [5.74, 6) is -0.372. The lowest BCUT2D eigenvalue weighted by molar-refractivity contribution is 0.621. The molecule has 0 unspecified atom stereocenters. The maximum absolute atomic E-state index is 12.5. The molecule has 1 aromatic heterocycles. The van der Waals surface area contributed by atoms with Crippen LogP contribution in [0.1, 0.15) is 19.0 Å². The molecular weight excluding hydrogens is 181 g/mol. The number of rotatable bonds is 5. The summed E-state index contributed by atoms with van der Waals surface area (Å²) >= 11 is 0. The number of hydrogen-bond donors (Lipinski definition) is 2. The molecule has 0 fully saturated rings. The summed E-state index contributed by atoms with van der Waals surface area (Å²) in [7, 11) is 0. The van der Waals surface area contributed by atoms with Crippen LogP contribution in [0.25, 0.3) is 0 Å². The Morgan fingerprint density at radius 1 is 1.57 bits per heavy atom. The van der Waals surface area contributed by atoms with Crippen LogP contribution in [-0.2, 0) is 0 Å². The Labute approximate surface area is 82.9 Å². The van der Waals surface area contributed by atoms with Crippen molar-refractivity contribution in [1.29, 1.82) is 5.41 Å². The lowest BCUT2D eigenvalue weighted by Crippen LogP contribution is -2.24. The average molecular weight is 195 g/mol. The Hall–Kier alpha value is -1.29. The van der Waals surface area contributed by atoms with E-state index in [1.165, 1.54) is 12.1 Å². The molecule has 0 aliphatic heterocycles. The average Bonchev–Trinajstić information content (AvgIpc) is 2.19. The van der Waals surface area contributed by atoms with E-state index >= 15 is 0 Å². The van der Waals surface area contributed by atoms with E-state index in [-0.39, 0.29) is 5.82 Å². The highest BCUT2D eigenvalue weighted by Gasteiger charge is 2.01. The molecule has 76 valence electrons. The standard InChI is InChI=1S/C10H14FN3/c1-2-5-13-7-9(12)10-4-3-8(11)6-14-10/h3-4,6,12-13H,2,5,7H2,1H3. The van der Waals surface area contributed by atoms with Gasteiger partial charge in [0, 0.05) is 6.54 Å². The van der Waals surface area contributed by atoms with Gasteiger partial charge in [0.2, 0.25) is 0 Å². The van der Waals surface area contributed by atoms with E-state index in [0.29, 0.717) is 18.0 Å². The molecule has 3 nitrogen and oxygen atoms in total. The van der Waals surface area contributed by atoms with E-state index in [9.17, 15) is 4.39 Å². The van der Waals surface area contributed by atoms with Gasteiger partial charge in [-0.1, -0.05) is 6.92 Å². The first kappa shape index (κ1) is 10.8. The van der Waals surface area contributed by atoms with Gasteiger partial charge in [-0.3, -0.25) is 4.98 Å². The second-order valence-corrected chi connectivity index (χ2v) is 3.02. The highest BCUT2D eigenvalue weighted by Crippen LogP contribution is 1.98.